The van der Waals surface area contributed by atoms with Crippen molar-refractivity contribution in [3.8, 4) is 17.1 Å². The first-order chi connectivity index (χ1) is 14.0. The lowest BCUT2D eigenvalue weighted by Crippen LogP contribution is -2.45. The topological polar surface area (TPSA) is 102 Å². The molecule has 1 aromatic carbocycles. The molecule has 152 valence electrons. The van der Waals surface area contributed by atoms with Crippen LogP contribution >= 0.6 is 11.8 Å². The molecule has 0 saturated carbocycles. The Morgan fingerprint density at radius 1 is 1.21 bits per heavy atom. The van der Waals surface area contributed by atoms with Gasteiger partial charge in [-0.1, -0.05) is 30.0 Å². The Hall–Kier alpha value is -3.07. The first kappa shape index (κ1) is 20.7. The predicted molar refractivity (Wildman–Crippen MR) is 111 cm³/mol. The van der Waals surface area contributed by atoms with Crippen molar-refractivity contribution >= 4 is 23.6 Å². The molecular formula is C20H23N5O3S. The summed E-state index contributed by atoms with van der Waals surface area (Å²) in [6, 6.07) is 10.9. The van der Waals surface area contributed by atoms with Crippen molar-refractivity contribution in [2.45, 2.75) is 32.0 Å². The van der Waals surface area contributed by atoms with Gasteiger partial charge in [-0.05, 0) is 39.0 Å². The first-order valence-electron chi connectivity index (χ1n) is 9.26. The van der Waals surface area contributed by atoms with E-state index in [0.29, 0.717) is 17.5 Å². The molecule has 29 heavy (non-hydrogen) atoms. The van der Waals surface area contributed by atoms with Crippen molar-refractivity contribution in [2.24, 2.45) is 0 Å². The second kappa shape index (κ2) is 9.42. The molecule has 0 unspecified atom stereocenters. The van der Waals surface area contributed by atoms with Crippen molar-refractivity contribution in [1.82, 2.24) is 25.4 Å². The third kappa shape index (κ3) is 4.86. The Labute approximate surface area is 173 Å². The highest BCUT2D eigenvalue weighted by atomic mass is 32.2. The summed E-state index contributed by atoms with van der Waals surface area (Å²) in [7, 11) is 0. The molecule has 0 aliphatic rings. The van der Waals surface area contributed by atoms with Gasteiger partial charge in [0.1, 0.15) is 11.8 Å². The normalized spacial score (nSPS) is 11.8. The number of aryl methyl sites for hydroxylation is 1. The standard InChI is InChI=1S/C20H23N5O3S/c1-4-21-19(27)13(2)22-17(26)12-29-20-24-23-18(16-10-11-28-14(16)3)25(20)15-8-6-5-7-9-15/h5-11,13H,4,12H2,1-3H3,(H,21,27)(H,22,26)/t13-/m1/s1. The summed E-state index contributed by atoms with van der Waals surface area (Å²) in [6.07, 6.45) is 1.61. The van der Waals surface area contributed by atoms with Gasteiger partial charge < -0.3 is 15.1 Å². The number of carbonyl (C=O) groups is 2. The number of nitrogens with one attached hydrogen (secondary N) is 2. The molecule has 2 heterocycles. The van der Waals surface area contributed by atoms with Crippen molar-refractivity contribution in [3.63, 3.8) is 0 Å². The Morgan fingerprint density at radius 2 is 1.97 bits per heavy atom. The number of benzene rings is 1. The van der Waals surface area contributed by atoms with Gasteiger partial charge in [-0.2, -0.15) is 0 Å². The quantitative estimate of drug-likeness (QED) is 0.551. The van der Waals surface area contributed by atoms with E-state index in [0.717, 1.165) is 17.0 Å². The third-order valence-electron chi connectivity index (χ3n) is 4.20. The van der Waals surface area contributed by atoms with Crippen molar-refractivity contribution in [1.29, 1.82) is 0 Å². The molecule has 2 amide bonds. The average molecular weight is 414 g/mol. The van der Waals surface area contributed by atoms with E-state index in [-0.39, 0.29) is 17.6 Å². The minimum absolute atomic E-state index is 0.110. The number of amides is 2. The summed E-state index contributed by atoms with van der Waals surface area (Å²) in [5.74, 6) is 1.02. The van der Waals surface area contributed by atoms with Gasteiger partial charge in [0, 0.05) is 12.2 Å². The van der Waals surface area contributed by atoms with Gasteiger partial charge in [-0.15, -0.1) is 10.2 Å². The molecule has 3 rings (SSSR count). The highest BCUT2D eigenvalue weighted by Gasteiger charge is 2.20. The summed E-state index contributed by atoms with van der Waals surface area (Å²) in [5.41, 5.74) is 1.72. The Balaban J connectivity index is 1.80. The minimum atomic E-state index is -0.598. The molecule has 1 atom stereocenters. The summed E-state index contributed by atoms with van der Waals surface area (Å²) in [5, 5.41) is 14.6. The van der Waals surface area contributed by atoms with Crippen LogP contribution in [0.3, 0.4) is 0 Å². The van der Waals surface area contributed by atoms with E-state index in [1.54, 1.807) is 13.2 Å². The maximum atomic E-state index is 12.3. The van der Waals surface area contributed by atoms with Gasteiger partial charge in [0.15, 0.2) is 11.0 Å². The lowest BCUT2D eigenvalue weighted by atomic mass is 10.2. The highest BCUT2D eigenvalue weighted by molar-refractivity contribution is 7.99. The molecule has 0 bridgehead atoms. The first-order valence-corrected chi connectivity index (χ1v) is 10.2. The Bertz CT molecular complexity index is 983. The molecule has 2 N–H and O–H groups in total. The van der Waals surface area contributed by atoms with Crippen molar-refractivity contribution < 1.29 is 14.0 Å². The van der Waals surface area contributed by atoms with Crippen LogP contribution in [0, 0.1) is 6.92 Å². The third-order valence-corrected chi connectivity index (χ3v) is 5.13. The number of hydrogen-bond donors (Lipinski definition) is 2. The van der Waals surface area contributed by atoms with Gasteiger partial charge in [-0.3, -0.25) is 14.2 Å². The average Bonchev–Trinajstić information content (AvgIpc) is 3.32. The monoisotopic (exact) mass is 413 g/mol. The largest absolute Gasteiger partial charge is 0.469 e. The van der Waals surface area contributed by atoms with E-state index in [2.05, 4.69) is 20.8 Å². The maximum Gasteiger partial charge on any atom is 0.242 e. The zero-order valence-corrected chi connectivity index (χ0v) is 17.3. The summed E-state index contributed by atoms with van der Waals surface area (Å²) < 4.78 is 7.31. The number of nitrogens with zero attached hydrogens (tertiary/aromatic N) is 3. The predicted octanol–water partition coefficient (Wildman–Crippen LogP) is 2.57. The lowest BCUT2D eigenvalue weighted by molar-refractivity contribution is -0.127. The SMILES string of the molecule is CCNC(=O)[C@@H](C)NC(=O)CSc1nnc(-c2ccoc2C)n1-c1ccccc1. The van der Waals surface area contributed by atoms with Crippen LogP contribution < -0.4 is 10.6 Å². The van der Waals surface area contributed by atoms with Gasteiger partial charge >= 0.3 is 0 Å². The molecule has 0 radical (unpaired) electrons. The van der Waals surface area contributed by atoms with E-state index < -0.39 is 6.04 Å². The van der Waals surface area contributed by atoms with Gasteiger partial charge in [-0.25, -0.2) is 0 Å². The van der Waals surface area contributed by atoms with E-state index >= 15 is 0 Å². The smallest absolute Gasteiger partial charge is 0.242 e. The second-order valence-electron chi connectivity index (χ2n) is 6.34. The van der Waals surface area contributed by atoms with E-state index in [4.69, 9.17) is 4.42 Å². The Morgan fingerprint density at radius 3 is 2.62 bits per heavy atom. The van der Waals surface area contributed by atoms with Crippen LogP contribution in [0.5, 0.6) is 0 Å². The summed E-state index contributed by atoms with van der Waals surface area (Å²) >= 11 is 1.26. The second-order valence-corrected chi connectivity index (χ2v) is 7.28. The summed E-state index contributed by atoms with van der Waals surface area (Å²) in [6.45, 7) is 5.87. The molecule has 8 nitrogen and oxygen atoms in total. The van der Waals surface area contributed by atoms with Crippen LogP contribution in [0.25, 0.3) is 17.1 Å². The maximum absolute atomic E-state index is 12.3. The minimum Gasteiger partial charge on any atom is -0.469 e. The Kier molecular flexibility index (Phi) is 6.71. The zero-order chi connectivity index (χ0) is 20.8. The van der Waals surface area contributed by atoms with Crippen LogP contribution in [0.1, 0.15) is 19.6 Å². The molecular weight excluding hydrogens is 390 g/mol. The molecule has 0 saturated heterocycles. The number of carbonyl (C=O) groups excluding carboxylic acids is 2. The summed E-state index contributed by atoms with van der Waals surface area (Å²) in [4.78, 5) is 24.1. The van der Waals surface area contributed by atoms with Gasteiger partial charge in [0.2, 0.25) is 11.8 Å². The number of thioether (sulfide) groups is 1. The fourth-order valence-corrected chi connectivity index (χ4v) is 3.53. The van der Waals surface area contributed by atoms with Crippen molar-refractivity contribution in [2.75, 3.05) is 12.3 Å². The molecule has 3 aromatic rings. The molecule has 9 heteroatoms. The number of hydrogen-bond acceptors (Lipinski definition) is 6. The van der Waals surface area contributed by atoms with Crippen LogP contribution in [-0.4, -0.2) is 44.9 Å². The molecule has 0 spiro atoms. The zero-order valence-electron chi connectivity index (χ0n) is 16.5. The van der Waals surface area contributed by atoms with Gasteiger partial charge in [0.05, 0.1) is 17.6 Å². The van der Waals surface area contributed by atoms with Crippen LogP contribution in [-0.2, 0) is 9.59 Å². The molecule has 0 aliphatic heterocycles. The fraction of sp³-hybridized carbons (Fsp3) is 0.300. The number of aromatic nitrogens is 3. The van der Waals surface area contributed by atoms with Crippen molar-refractivity contribution in [3.05, 3.63) is 48.4 Å². The molecule has 2 aromatic heterocycles. The van der Waals surface area contributed by atoms with E-state index in [1.165, 1.54) is 11.8 Å². The molecule has 0 aliphatic carbocycles. The van der Waals surface area contributed by atoms with Crippen LogP contribution in [0.4, 0.5) is 0 Å². The van der Waals surface area contributed by atoms with Crippen LogP contribution in [0.2, 0.25) is 0 Å². The molecule has 0 fully saturated rings. The number of rotatable bonds is 8. The number of likely N-dealkylation sites (N-methyl/N-ethyl adjacent to an activating group) is 1. The van der Waals surface area contributed by atoms with Gasteiger partial charge in [0.25, 0.3) is 0 Å². The van der Waals surface area contributed by atoms with E-state index in [1.807, 2.05) is 54.8 Å². The van der Waals surface area contributed by atoms with Crippen LogP contribution in [0.15, 0.2) is 52.2 Å². The number of para-hydroxylation sites is 1. The lowest BCUT2D eigenvalue weighted by Gasteiger charge is -2.13. The van der Waals surface area contributed by atoms with E-state index in [9.17, 15) is 9.59 Å². The highest BCUT2D eigenvalue weighted by Crippen LogP contribution is 2.30. The fourth-order valence-electron chi connectivity index (χ4n) is 2.77. The number of furan rings is 1.